The molecule has 3 nitrogen and oxygen atoms in total. The maximum atomic E-state index is 5.39. The minimum atomic E-state index is -0.535. The van der Waals surface area contributed by atoms with E-state index in [4.69, 9.17) is 15.0 Å². The number of hydrogen-bond acceptors (Lipinski definition) is 3. The minimum Gasteiger partial charge on any atom is -0.208 e. The fraction of sp³-hybridized carbons (Fsp3) is 0.0192. The highest BCUT2D eigenvalue weighted by atomic mass is 15.0. The molecule has 1 aliphatic rings. The predicted octanol–water partition coefficient (Wildman–Crippen LogP) is 12.6. The van der Waals surface area contributed by atoms with E-state index in [1.165, 1.54) is 27.8 Å². The highest BCUT2D eigenvalue weighted by Gasteiger charge is 2.47. The third kappa shape index (κ3) is 5.48. The molecule has 0 fully saturated rings. The molecule has 0 saturated carbocycles. The van der Waals surface area contributed by atoms with Gasteiger partial charge >= 0.3 is 0 Å². The van der Waals surface area contributed by atoms with Crippen LogP contribution in [0.1, 0.15) is 22.3 Å². The fourth-order valence-electron chi connectivity index (χ4n) is 8.44. The molecule has 0 bridgehead atoms. The van der Waals surface area contributed by atoms with Gasteiger partial charge in [-0.25, -0.2) is 15.0 Å². The van der Waals surface area contributed by atoms with Crippen LogP contribution < -0.4 is 0 Å². The smallest absolute Gasteiger partial charge is 0.164 e. The molecule has 258 valence electrons. The molecule has 3 heteroatoms. The molecule has 0 radical (unpaired) electrons. The SMILES string of the molecule is c1ccc(-c2cccc(-c3nc(-c4ccccc4-c4ccccc4)nc(-c4cccc5c4-c4ccccc4C5(c4ccccc4)c4ccccc4)n3)c2)cc1. The summed E-state index contributed by atoms with van der Waals surface area (Å²) in [5.74, 6) is 1.89. The van der Waals surface area contributed by atoms with Gasteiger partial charge in [0.05, 0.1) is 5.41 Å². The molecule has 0 unspecified atom stereocenters. The molecule has 1 aliphatic carbocycles. The largest absolute Gasteiger partial charge is 0.208 e. The standard InChI is InChI=1S/C52H35N3/c1-5-19-36(20-6-1)38-23-17-24-39(35-38)49-53-50(43-30-14-13-29-42(43)37-21-7-2-8-22-37)55-51(54-49)45-32-18-34-47-48(45)44-31-15-16-33-46(44)52(47,40-25-9-3-10-26-40)41-27-11-4-12-28-41/h1-35H. The van der Waals surface area contributed by atoms with Gasteiger partial charge in [-0.1, -0.05) is 206 Å². The summed E-state index contributed by atoms with van der Waals surface area (Å²) in [5, 5.41) is 0. The quantitative estimate of drug-likeness (QED) is 0.166. The first-order chi connectivity index (χ1) is 27.3. The Labute approximate surface area is 321 Å². The summed E-state index contributed by atoms with van der Waals surface area (Å²) in [6, 6.07) is 75.1. The first kappa shape index (κ1) is 32.4. The van der Waals surface area contributed by atoms with E-state index in [2.05, 4.69) is 200 Å². The number of nitrogens with zero attached hydrogens (tertiary/aromatic N) is 3. The van der Waals surface area contributed by atoms with Gasteiger partial charge in [-0.3, -0.25) is 0 Å². The van der Waals surface area contributed by atoms with E-state index in [1.807, 2.05) is 12.1 Å². The van der Waals surface area contributed by atoms with E-state index in [0.717, 1.165) is 44.5 Å². The second-order valence-corrected chi connectivity index (χ2v) is 13.9. The Morgan fingerprint density at radius 3 is 1.38 bits per heavy atom. The summed E-state index contributed by atoms with van der Waals surface area (Å²) >= 11 is 0. The van der Waals surface area contributed by atoms with Gasteiger partial charge in [-0.2, -0.15) is 0 Å². The van der Waals surface area contributed by atoms with Crippen LogP contribution in [-0.2, 0) is 5.41 Å². The van der Waals surface area contributed by atoms with Gasteiger partial charge in [0.1, 0.15) is 0 Å². The predicted molar refractivity (Wildman–Crippen MR) is 224 cm³/mol. The lowest BCUT2D eigenvalue weighted by Gasteiger charge is -2.33. The number of fused-ring (bicyclic) bond motifs is 3. The van der Waals surface area contributed by atoms with E-state index < -0.39 is 5.41 Å². The molecule has 55 heavy (non-hydrogen) atoms. The lowest BCUT2D eigenvalue weighted by Crippen LogP contribution is -2.28. The lowest BCUT2D eigenvalue weighted by atomic mass is 9.67. The first-order valence-corrected chi connectivity index (χ1v) is 18.7. The van der Waals surface area contributed by atoms with Crippen molar-refractivity contribution in [3.8, 4) is 67.5 Å². The fourth-order valence-corrected chi connectivity index (χ4v) is 8.44. The van der Waals surface area contributed by atoms with Crippen molar-refractivity contribution in [3.05, 3.63) is 235 Å². The Hall–Kier alpha value is -7.23. The van der Waals surface area contributed by atoms with Crippen molar-refractivity contribution in [1.82, 2.24) is 15.0 Å². The minimum absolute atomic E-state index is 0.535. The topological polar surface area (TPSA) is 38.7 Å². The first-order valence-electron chi connectivity index (χ1n) is 18.7. The molecule has 0 saturated heterocycles. The van der Waals surface area contributed by atoms with Crippen molar-refractivity contribution in [2.75, 3.05) is 0 Å². The third-order valence-electron chi connectivity index (χ3n) is 10.8. The second kappa shape index (κ2) is 13.6. The lowest BCUT2D eigenvalue weighted by molar-refractivity contribution is 0.768. The zero-order valence-electron chi connectivity index (χ0n) is 30.0. The summed E-state index contributed by atoms with van der Waals surface area (Å²) in [7, 11) is 0. The molecular formula is C52H35N3. The number of hydrogen-bond donors (Lipinski definition) is 0. The maximum absolute atomic E-state index is 5.39. The zero-order chi connectivity index (χ0) is 36.6. The molecule has 9 aromatic rings. The van der Waals surface area contributed by atoms with Gasteiger partial charge in [0, 0.05) is 16.7 Å². The average molecular weight is 702 g/mol. The van der Waals surface area contributed by atoms with Crippen LogP contribution in [0.15, 0.2) is 212 Å². The van der Waals surface area contributed by atoms with Gasteiger partial charge in [0.2, 0.25) is 0 Å². The Kier molecular flexibility index (Phi) is 8.04. The van der Waals surface area contributed by atoms with Crippen LogP contribution in [-0.4, -0.2) is 15.0 Å². The van der Waals surface area contributed by atoms with Gasteiger partial charge in [0.25, 0.3) is 0 Å². The maximum Gasteiger partial charge on any atom is 0.164 e. The van der Waals surface area contributed by atoms with Crippen LogP contribution in [0.25, 0.3) is 67.5 Å². The van der Waals surface area contributed by atoms with Gasteiger partial charge in [-0.05, 0) is 61.7 Å². The van der Waals surface area contributed by atoms with Crippen LogP contribution in [0.2, 0.25) is 0 Å². The van der Waals surface area contributed by atoms with Crippen LogP contribution >= 0.6 is 0 Å². The highest BCUT2D eigenvalue weighted by Crippen LogP contribution is 2.58. The van der Waals surface area contributed by atoms with E-state index in [9.17, 15) is 0 Å². The molecule has 10 rings (SSSR count). The Morgan fingerprint density at radius 2 is 0.709 bits per heavy atom. The van der Waals surface area contributed by atoms with Crippen molar-refractivity contribution in [2.24, 2.45) is 0 Å². The summed E-state index contributed by atoms with van der Waals surface area (Å²) in [4.78, 5) is 16.0. The molecule has 0 spiro atoms. The van der Waals surface area contributed by atoms with Crippen molar-refractivity contribution in [2.45, 2.75) is 5.41 Å². The number of rotatable bonds is 7. The zero-order valence-corrected chi connectivity index (χ0v) is 30.0. The van der Waals surface area contributed by atoms with Gasteiger partial charge in [-0.15, -0.1) is 0 Å². The summed E-state index contributed by atoms with van der Waals surface area (Å²) in [6.45, 7) is 0. The van der Waals surface area contributed by atoms with Crippen molar-refractivity contribution in [3.63, 3.8) is 0 Å². The molecule has 1 heterocycles. The summed E-state index contributed by atoms with van der Waals surface area (Å²) in [6.07, 6.45) is 0. The van der Waals surface area contributed by atoms with Gasteiger partial charge in [0.15, 0.2) is 17.5 Å². The molecule has 0 N–H and O–H groups in total. The molecular weight excluding hydrogens is 667 g/mol. The van der Waals surface area contributed by atoms with E-state index >= 15 is 0 Å². The van der Waals surface area contributed by atoms with Crippen LogP contribution in [0.3, 0.4) is 0 Å². The van der Waals surface area contributed by atoms with Crippen molar-refractivity contribution >= 4 is 0 Å². The summed E-state index contributed by atoms with van der Waals surface area (Å²) in [5.41, 5.74) is 14.0. The molecule has 0 aliphatic heterocycles. The Morgan fingerprint density at radius 1 is 0.273 bits per heavy atom. The van der Waals surface area contributed by atoms with E-state index in [1.54, 1.807) is 0 Å². The van der Waals surface area contributed by atoms with Gasteiger partial charge < -0.3 is 0 Å². The van der Waals surface area contributed by atoms with E-state index in [0.29, 0.717) is 17.5 Å². The van der Waals surface area contributed by atoms with Crippen LogP contribution in [0, 0.1) is 0 Å². The summed E-state index contributed by atoms with van der Waals surface area (Å²) < 4.78 is 0. The molecule has 0 amide bonds. The van der Waals surface area contributed by atoms with Crippen LogP contribution in [0.5, 0.6) is 0 Å². The monoisotopic (exact) mass is 701 g/mol. The Balaban J connectivity index is 1.25. The average Bonchev–Trinajstić information content (AvgIpc) is 3.59. The van der Waals surface area contributed by atoms with E-state index in [-0.39, 0.29) is 0 Å². The van der Waals surface area contributed by atoms with Crippen molar-refractivity contribution < 1.29 is 0 Å². The Bertz CT molecular complexity index is 2760. The molecule has 8 aromatic carbocycles. The molecule has 0 atom stereocenters. The van der Waals surface area contributed by atoms with Crippen molar-refractivity contribution in [1.29, 1.82) is 0 Å². The molecule has 1 aromatic heterocycles. The number of benzene rings is 8. The second-order valence-electron chi connectivity index (χ2n) is 13.9. The van der Waals surface area contributed by atoms with Crippen LogP contribution in [0.4, 0.5) is 0 Å². The normalized spacial score (nSPS) is 12.5. The third-order valence-corrected chi connectivity index (χ3v) is 10.8. The number of aromatic nitrogens is 3. The highest BCUT2D eigenvalue weighted by molar-refractivity contribution is 5.95.